The third-order valence-corrected chi connectivity index (χ3v) is 1.11. The molecule has 0 saturated heterocycles. The lowest BCUT2D eigenvalue weighted by Crippen LogP contribution is -2.36. The van der Waals surface area contributed by atoms with Gasteiger partial charge in [-0.25, -0.2) is 0 Å². The van der Waals surface area contributed by atoms with E-state index in [0.717, 1.165) is 6.54 Å². The molecular formula is C8H19NO. The van der Waals surface area contributed by atoms with Gasteiger partial charge < -0.3 is 10.4 Å². The second-order valence-corrected chi connectivity index (χ2v) is 3.84. The zero-order valence-electron chi connectivity index (χ0n) is 7.44. The molecule has 0 heterocycles. The molecule has 0 aromatic carbocycles. The van der Waals surface area contributed by atoms with Crippen LogP contribution < -0.4 is 5.32 Å². The molecule has 10 heavy (non-hydrogen) atoms. The first-order valence-electron chi connectivity index (χ1n) is 3.85. The average Bonchev–Trinajstić information content (AvgIpc) is 1.59. The van der Waals surface area contributed by atoms with Crippen molar-refractivity contribution in [2.24, 2.45) is 5.92 Å². The lowest BCUT2D eigenvalue weighted by molar-refractivity contribution is 0.0792. The van der Waals surface area contributed by atoms with E-state index in [2.05, 4.69) is 19.2 Å². The van der Waals surface area contributed by atoms with Gasteiger partial charge >= 0.3 is 0 Å². The molecule has 0 spiro atoms. The summed E-state index contributed by atoms with van der Waals surface area (Å²) in [5.74, 6) is 0.655. The summed E-state index contributed by atoms with van der Waals surface area (Å²) in [6, 6.07) is 0. The van der Waals surface area contributed by atoms with Gasteiger partial charge in [-0.05, 0) is 26.3 Å². The summed E-state index contributed by atoms with van der Waals surface area (Å²) in [6.45, 7) is 9.56. The van der Waals surface area contributed by atoms with E-state index < -0.39 is 5.60 Å². The minimum absolute atomic E-state index is 0.575. The first-order chi connectivity index (χ1) is 4.42. The summed E-state index contributed by atoms with van der Waals surface area (Å²) >= 11 is 0. The molecule has 0 amide bonds. The average molecular weight is 145 g/mol. The van der Waals surface area contributed by atoms with Gasteiger partial charge in [0.15, 0.2) is 0 Å². The molecule has 0 atom stereocenters. The van der Waals surface area contributed by atoms with Crippen molar-refractivity contribution in [1.29, 1.82) is 0 Å². The van der Waals surface area contributed by atoms with E-state index in [4.69, 9.17) is 0 Å². The van der Waals surface area contributed by atoms with Crippen molar-refractivity contribution in [1.82, 2.24) is 5.32 Å². The third-order valence-electron chi connectivity index (χ3n) is 1.11. The van der Waals surface area contributed by atoms with Gasteiger partial charge in [-0.15, -0.1) is 0 Å². The van der Waals surface area contributed by atoms with Crippen LogP contribution in [-0.4, -0.2) is 23.8 Å². The standard InChI is InChI=1S/C8H19NO/c1-7(2)5-9-6-8(3,4)10/h7,9-10H,5-6H2,1-4H3. The highest BCUT2D eigenvalue weighted by atomic mass is 16.3. The fraction of sp³-hybridized carbons (Fsp3) is 1.00. The smallest absolute Gasteiger partial charge is 0.0715 e. The molecule has 0 radical (unpaired) electrons. The summed E-state index contributed by atoms with van der Waals surface area (Å²) < 4.78 is 0. The van der Waals surface area contributed by atoms with Gasteiger partial charge in [0.1, 0.15) is 0 Å². The maximum atomic E-state index is 9.27. The predicted molar refractivity (Wildman–Crippen MR) is 44.0 cm³/mol. The Hall–Kier alpha value is -0.0800. The Kier molecular flexibility index (Phi) is 3.91. The van der Waals surface area contributed by atoms with Crippen LogP contribution in [0, 0.1) is 5.92 Å². The van der Waals surface area contributed by atoms with Crippen molar-refractivity contribution in [3.63, 3.8) is 0 Å². The van der Waals surface area contributed by atoms with Crippen LogP contribution >= 0.6 is 0 Å². The van der Waals surface area contributed by atoms with Gasteiger partial charge in [-0.3, -0.25) is 0 Å². The largest absolute Gasteiger partial charge is 0.389 e. The Morgan fingerprint density at radius 3 is 2.20 bits per heavy atom. The van der Waals surface area contributed by atoms with E-state index in [9.17, 15) is 5.11 Å². The normalized spacial score (nSPS) is 12.6. The highest BCUT2D eigenvalue weighted by Crippen LogP contribution is 1.97. The van der Waals surface area contributed by atoms with E-state index in [1.807, 2.05) is 0 Å². The summed E-state index contributed by atoms with van der Waals surface area (Å²) in [6.07, 6.45) is 0. The van der Waals surface area contributed by atoms with Crippen LogP contribution in [0.1, 0.15) is 27.7 Å². The molecule has 0 aliphatic heterocycles. The minimum atomic E-state index is -0.575. The van der Waals surface area contributed by atoms with Gasteiger partial charge in [-0.2, -0.15) is 0 Å². The number of hydrogen-bond donors (Lipinski definition) is 2. The van der Waals surface area contributed by atoms with Crippen molar-refractivity contribution in [3.05, 3.63) is 0 Å². The molecular weight excluding hydrogens is 126 g/mol. The monoisotopic (exact) mass is 145 g/mol. The topological polar surface area (TPSA) is 32.3 Å². The summed E-state index contributed by atoms with van der Waals surface area (Å²) in [5, 5.41) is 12.4. The summed E-state index contributed by atoms with van der Waals surface area (Å²) in [4.78, 5) is 0. The van der Waals surface area contributed by atoms with E-state index in [0.29, 0.717) is 12.5 Å². The molecule has 0 unspecified atom stereocenters. The molecule has 62 valence electrons. The van der Waals surface area contributed by atoms with Gasteiger partial charge in [0, 0.05) is 6.54 Å². The highest BCUT2D eigenvalue weighted by Gasteiger charge is 2.10. The second kappa shape index (κ2) is 3.94. The van der Waals surface area contributed by atoms with E-state index in [1.165, 1.54) is 0 Å². The van der Waals surface area contributed by atoms with Crippen molar-refractivity contribution < 1.29 is 5.11 Å². The lowest BCUT2D eigenvalue weighted by atomic mass is 10.1. The Balaban J connectivity index is 3.21. The number of rotatable bonds is 4. The zero-order valence-corrected chi connectivity index (χ0v) is 7.44. The minimum Gasteiger partial charge on any atom is -0.389 e. The van der Waals surface area contributed by atoms with Gasteiger partial charge in [0.2, 0.25) is 0 Å². The lowest BCUT2D eigenvalue weighted by Gasteiger charge is -2.18. The molecule has 0 aromatic heterocycles. The van der Waals surface area contributed by atoms with Crippen LogP contribution in [0.15, 0.2) is 0 Å². The van der Waals surface area contributed by atoms with Gasteiger partial charge in [-0.1, -0.05) is 13.8 Å². The van der Waals surface area contributed by atoms with Crippen molar-refractivity contribution in [3.8, 4) is 0 Å². The highest BCUT2D eigenvalue weighted by molar-refractivity contribution is 4.68. The van der Waals surface area contributed by atoms with E-state index in [1.54, 1.807) is 13.8 Å². The number of nitrogens with one attached hydrogen (secondary N) is 1. The molecule has 0 saturated carbocycles. The Morgan fingerprint density at radius 1 is 1.40 bits per heavy atom. The fourth-order valence-corrected chi connectivity index (χ4v) is 0.667. The zero-order chi connectivity index (χ0) is 8.20. The molecule has 2 nitrogen and oxygen atoms in total. The number of hydrogen-bond acceptors (Lipinski definition) is 2. The number of aliphatic hydroxyl groups is 1. The van der Waals surface area contributed by atoms with E-state index in [-0.39, 0.29) is 0 Å². The fourth-order valence-electron chi connectivity index (χ4n) is 0.667. The Labute approximate surface area is 63.6 Å². The van der Waals surface area contributed by atoms with Crippen LogP contribution in [0.5, 0.6) is 0 Å². The van der Waals surface area contributed by atoms with Gasteiger partial charge in [0.25, 0.3) is 0 Å². The van der Waals surface area contributed by atoms with Crippen LogP contribution in [-0.2, 0) is 0 Å². The quantitative estimate of drug-likeness (QED) is 0.618. The van der Waals surface area contributed by atoms with Crippen molar-refractivity contribution in [2.75, 3.05) is 13.1 Å². The molecule has 0 aliphatic rings. The first-order valence-corrected chi connectivity index (χ1v) is 3.85. The predicted octanol–water partition coefficient (Wildman–Crippen LogP) is 1.00. The van der Waals surface area contributed by atoms with Crippen LogP contribution in [0.3, 0.4) is 0 Å². The second-order valence-electron chi connectivity index (χ2n) is 3.84. The van der Waals surface area contributed by atoms with Crippen LogP contribution in [0.25, 0.3) is 0 Å². The summed E-state index contributed by atoms with van der Waals surface area (Å²) in [7, 11) is 0. The molecule has 2 N–H and O–H groups in total. The molecule has 0 aromatic rings. The summed E-state index contributed by atoms with van der Waals surface area (Å²) in [5.41, 5.74) is -0.575. The Morgan fingerprint density at radius 2 is 1.90 bits per heavy atom. The van der Waals surface area contributed by atoms with Crippen molar-refractivity contribution in [2.45, 2.75) is 33.3 Å². The van der Waals surface area contributed by atoms with Crippen LogP contribution in [0.2, 0.25) is 0 Å². The molecule has 0 bridgehead atoms. The van der Waals surface area contributed by atoms with Crippen LogP contribution in [0.4, 0.5) is 0 Å². The Bertz CT molecular complexity index is 83.7. The van der Waals surface area contributed by atoms with Gasteiger partial charge in [0.05, 0.1) is 5.60 Å². The SMILES string of the molecule is CC(C)CNCC(C)(C)O. The molecule has 0 aliphatic carbocycles. The van der Waals surface area contributed by atoms with Crippen molar-refractivity contribution >= 4 is 0 Å². The van der Waals surface area contributed by atoms with E-state index >= 15 is 0 Å². The molecule has 2 heteroatoms. The maximum Gasteiger partial charge on any atom is 0.0715 e. The molecule has 0 fully saturated rings. The first kappa shape index (κ1) is 9.92. The molecule has 0 rings (SSSR count). The third kappa shape index (κ3) is 7.92. The maximum absolute atomic E-state index is 9.27.